The molecule has 1 saturated heterocycles. The molecule has 0 N–H and O–H groups in total. The molecule has 2 aromatic carbocycles. The summed E-state index contributed by atoms with van der Waals surface area (Å²) in [6.07, 6.45) is 0. The summed E-state index contributed by atoms with van der Waals surface area (Å²) in [7, 11) is 0. The predicted molar refractivity (Wildman–Crippen MR) is 122 cm³/mol. The summed E-state index contributed by atoms with van der Waals surface area (Å²) >= 11 is 7.27. The molecule has 2 heterocycles. The number of carbonyl (C=O) groups excluding carboxylic acids is 1. The smallest absolute Gasteiger partial charge is 0.273 e. The number of non-ortho nitro benzene ring substituents is 1. The molecule has 0 spiro atoms. The first kappa shape index (κ1) is 22.2. The van der Waals surface area contributed by atoms with Gasteiger partial charge in [-0.05, 0) is 29.8 Å². The molecule has 32 heavy (non-hydrogen) atoms. The topological polar surface area (TPSA) is 88.8 Å². The highest BCUT2D eigenvalue weighted by Crippen LogP contribution is 2.20. The van der Waals surface area contributed by atoms with E-state index in [1.165, 1.54) is 17.4 Å². The Morgan fingerprint density at radius 2 is 1.91 bits per heavy atom. The fourth-order valence-electron chi connectivity index (χ4n) is 3.45. The molecular weight excluding hydrogens is 452 g/mol. The van der Waals surface area contributed by atoms with Crippen LogP contribution < -0.4 is 4.74 Å². The molecule has 1 aliphatic rings. The van der Waals surface area contributed by atoms with Gasteiger partial charge in [0, 0.05) is 55.3 Å². The predicted octanol–water partition coefficient (Wildman–Crippen LogP) is 4.24. The van der Waals surface area contributed by atoms with Gasteiger partial charge in [-0.25, -0.2) is 4.98 Å². The van der Waals surface area contributed by atoms with Crippen LogP contribution >= 0.6 is 22.9 Å². The summed E-state index contributed by atoms with van der Waals surface area (Å²) in [6.45, 7) is 3.48. The summed E-state index contributed by atoms with van der Waals surface area (Å²) in [6, 6.07) is 13.8. The van der Waals surface area contributed by atoms with Crippen molar-refractivity contribution in [2.24, 2.45) is 0 Å². The second-order valence-electron chi connectivity index (χ2n) is 7.36. The molecule has 1 aromatic heterocycles. The van der Waals surface area contributed by atoms with Gasteiger partial charge in [0.15, 0.2) is 0 Å². The normalized spacial score (nSPS) is 14.3. The van der Waals surface area contributed by atoms with E-state index in [2.05, 4.69) is 9.88 Å². The third-order valence-electron chi connectivity index (χ3n) is 5.13. The number of hydrogen-bond donors (Lipinski definition) is 0. The molecule has 0 saturated carbocycles. The third kappa shape index (κ3) is 5.61. The lowest BCUT2D eigenvalue weighted by Crippen LogP contribution is -2.48. The number of benzene rings is 2. The van der Waals surface area contributed by atoms with Crippen molar-refractivity contribution in [1.29, 1.82) is 0 Å². The Bertz CT molecular complexity index is 1100. The fourth-order valence-corrected chi connectivity index (χ4v) is 4.25. The molecule has 166 valence electrons. The Labute approximate surface area is 194 Å². The number of carbonyl (C=O) groups is 1. The number of nitrogens with zero attached hydrogens (tertiary/aromatic N) is 4. The van der Waals surface area contributed by atoms with Gasteiger partial charge < -0.3 is 9.64 Å². The molecule has 1 amide bonds. The second kappa shape index (κ2) is 10.1. The lowest BCUT2D eigenvalue weighted by atomic mass is 10.1. The van der Waals surface area contributed by atoms with Crippen LogP contribution in [0.4, 0.5) is 5.69 Å². The Morgan fingerprint density at radius 1 is 1.16 bits per heavy atom. The molecule has 4 rings (SSSR count). The molecular formula is C22H21ClN4O4S. The van der Waals surface area contributed by atoms with Crippen LogP contribution in [0.25, 0.3) is 0 Å². The van der Waals surface area contributed by atoms with Gasteiger partial charge >= 0.3 is 0 Å². The number of piperazine rings is 1. The van der Waals surface area contributed by atoms with Crippen LogP contribution in [0.15, 0.2) is 53.9 Å². The van der Waals surface area contributed by atoms with Crippen molar-refractivity contribution in [1.82, 2.24) is 14.8 Å². The van der Waals surface area contributed by atoms with E-state index in [1.807, 2.05) is 6.07 Å². The number of halogens is 1. The highest BCUT2D eigenvalue weighted by molar-refractivity contribution is 7.09. The van der Waals surface area contributed by atoms with E-state index >= 15 is 0 Å². The lowest BCUT2D eigenvalue weighted by Gasteiger charge is -2.34. The Morgan fingerprint density at radius 3 is 2.62 bits per heavy atom. The van der Waals surface area contributed by atoms with Crippen LogP contribution in [0.3, 0.4) is 0 Å². The van der Waals surface area contributed by atoms with Gasteiger partial charge in [0.2, 0.25) is 0 Å². The van der Waals surface area contributed by atoms with E-state index in [9.17, 15) is 14.9 Å². The first-order chi connectivity index (χ1) is 15.5. The molecule has 10 heteroatoms. The number of nitro groups is 1. The average Bonchev–Trinajstić information content (AvgIpc) is 3.28. The van der Waals surface area contributed by atoms with E-state index in [1.54, 1.807) is 46.7 Å². The first-order valence-electron chi connectivity index (χ1n) is 10.1. The standard InChI is InChI=1S/C22H21ClN4O4S/c23-17-4-6-19(7-5-17)31-14-21-24-20(15-32-21)22(28)26-10-8-25(9-11-26)13-16-2-1-3-18(12-16)27(29)30/h1-7,12,15H,8-11,13-14H2. The van der Waals surface area contributed by atoms with Crippen molar-refractivity contribution in [2.75, 3.05) is 26.2 Å². The highest BCUT2D eigenvalue weighted by Gasteiger charge is 2.24. The zero-order valence-electron chi connectivity index (χ0n) is 17.1. The minimum Gasteiger partial charge on any atom is -0.486 e. The van der Waals surface area contributed by atoms with E-state index in [-0.39, 0.29) is 23.1 Å². The van der Waals surface area contributed by atoms with Crippen LogP contribution in [0, 0.1) is 10.1 Å². The maximum atomic E-state index is 12.8. The van der Waals surface area contributed by atoms with Crippen LogP contribution in [0.5, 0.6) is 5.75 Å². The van der Waals surface area contributed by atoms with Gasteiger partial charge in [0.1, 0.15) is 23.1 Å². The Kier molecular flexibility index (Phi) is 6.99. The summed E-state index contributed by atoms with van der Waals surface area (Å²) in [4.78, 5) is 31.8. The summed E-state index contributed by atoms with van der Waals surface area (Å²) in [5.74, 6) is 0.603. The highest BCUT2D eigenvalue weighted by atomic mass is 35.5. The molecule has 8 nitrogen and oxygen atoms in total. The third-order valence-corrected chi connectivity index (χ3v) is 6.21. The van der Waals surface area contributed by atoms with E-state index < -0.39 is 0 Å². The van der Waals surface area contributed by atoms with Gasteiger partial charge in [-0.2, -0.15) is 0 Å². The molecule has 0 radical (unpaired) electrons. The number of rotatable bonds is 7. The zero-order valence-corrected chi connectivity index (χ0v) is 18.7. The number of ether oxygens (including phenoxy) is 1. The molecule has 0 bridgehead atoms. The number of amides is 1. The summed E-state index contributed by atoms with van der Waals surface area (Å²) < 4.78 is 5.69. The first-order valence-corrected chi connectivity index (χ1v) is 11.3. The number of nitro benzene ring substituents is 1. The molecule has 1 fully saturated rings. The quantitative estimate of drug-likeness (QED) is 0.377. The zero-order chi connectivity index (χ0) is 22.5. The van der Waals surface area contributed by atoms with E-state index in [0.717, 1.165) is 10.6 Å². The molecule has 0 aliphatic carbocycles. The van der Waals surface area contributed by atoms with Crippen molar-refractivity contribution < 1.29 is 14.5 Å². The molecule has 1 aliphatic heterocycles. The molecule has 0 unspecified atom stereocenters. The summed E-state index contributed by atoms with van der Waals surface area (Å²) in [5.41, 5.74) is 1.41. The van der Waals surface area contributed by atoms with Gasteiger partial charge in [-0.15, -0.1) is 11.3 Å². The minimum atomic E-state index is -0.386. The maximum absolute atomic E-state index is 12.8. The Balaban J connectivity index is 1.27. The van der Waals surface area contributed by atoms with Crippen molar-refractivity contribution >= 4 is 34.5 Å². The van der Waals surface area contributed by atoms with Crippen molar-refractivity contribution in [3.63, 3.8) is 0 Å². The summed E-state index contributed by atoms with van der Waals surface area (Å²) in [5, 5.41) is 14.1. The minimum absolute atomic E-state index is 0.0889. The largest absolute Gasteiger partial charge is 0.486 e. The monoisotopic (exact) mass is 472 g/mol. The van der Waals surface area contributed by atoms with Crippen molar-refractivity contribution in [3.05, 3.63) is 85.3 Å². The van der Waals surface area contributed by atoms with Crippen LogP contribution in [0.1, 0.15) is 21.1 Å². The van der Waals surface area contributed by atoms with Crippen molar-refractivity contribution in [2.45, 2.75) is 13.2 Å². The van der Waals surface area contributed by atoms with Crippen molar-refractivity contribution in [3.8, 4) is 5.75 Å². The van der Waals surface area contributed by atoms with Crippen LogP contribution in [-0.2, 0) is 13.2 Å². The van der Waals surface area contributed by atoms with Gasteiger partial charge in [-0.1, -0.05) is 23.7 Å². The Hall–Kier alpha value is -3.01. The fraction of sp³-hybridized carbons (Fsp3) is 0.273. The number of aromatic nitrogens is 1. The molecule has 3 aromatic rings. The van der Waals surface area contributed by atoms with E-state index in [0.29, 0.717) is 49.2 Å². The van der Waals surface area contributed by atoms with Gasteiger partial charge in [0.25, 0.3) is 11.6 Å². The maximum Gasteiger partial charge on any atom is 0.273 e. The van der Waals surface area contributed by atoms with Gasteiger partial charge in [0.05, 0.1) is 4.92 Å². The van der Waals surface area contributed by atoms with E-state index in [4.69, 9.17) is 16.3 Å². The lowest BCUT2D eigenvalue weighted by molar-refractivity contribution is -0.384. The van der Waals surface area contributed by atoms with Gasteiger partial charge in [-0.3, -0.25) is 19.8 Å². The van der Waals surface area contributed by atoms with Crippen LogP contribution in [-0.4, -0.2) is 51.8 Å². The SMILES string of the molecule is O=C(c1csc(COc2ccc(Cl)cc2)n1)N1CCN(Cc2cccc([N+](=O)[O-])c2)CC1. The second-order valence-corrected chi connectivity index (χ2v) is 8.74. The van der Waals surface area contributed by atoms with Crippen LogP contribution in [0.2, 0.25) is 5.02 Å². The molecule has 0 atom stereocenters. The number of hydrogen-bond acceptors (Lipinski definition) is 7. The number of thiazole rings is 1. The average molecular weight is 473 g/mol.